The van der Waals surface area contributed by atoms with Crippen LogP contribution in [0, 0.1) is 5.82 Å². The number of piperazine rings is 1. The van der Waals surface area contributed by atoms with Gasteiger partial charge in [-0.3, -0.25) is 19.5 Å². The van der Waals surface area contributed by atoms with Gasteiger partial charge in [0.25, 0.3) is 0 Å². The van der Waals surface area contributed by atoms with Crippen LogP contribution in [0.15, 0.2) is 36.5 Å². The highest BCUT2D eigenvalue weighted by Crippen LogP contribution is 2.34. The van der Waals surface area contributed by atoms with E-state index in [1.54, 1.807) is 25.4 Å². The lowest BCUT2D eigenvalue weighted by molar-refractivity contribution is -0.122. The fourth-order valence-corrected chi connectivity index (χ4v) is 6.09. The summed E-state index contributed by atoms with van der Waals surface area (Å²) in [5, 5.41) is 3.61. The average Bonchev–Trinajstić information content (AvgIpc) is 2.93. The first-order valence-electron chi connectivity index (χ1n) is 14.3. The Hall–Kier alpha value is -2.63. The summed E-state index contributed by atoms with van der Waals surface area (Å²) in [7, 11) is 1.64. The lowest BCUT2D eigenvalue weighted by Gasteiger charge is -2.46. The monoisotopic (exact) mass is 555 g/mol. The van der Waals surface area contributed by atoms with Crippen molar-refractivity contribution >= 4 is 11.6 Å². The van der Waals surface area contributed by atoms with Crippen molar-refractivity contribution in [2.75, 3.05) is 64.6 Å². The Bertz CT molecular complexity index is 1140. The summed E-state index contributed by atoms with van der Waals surface area (Å²) in [5.74, 6) is 0.192. The van der Waals surface area contributed by atoms with Crippen LogP contribution in [-0.2, 0) is 20.7 Å². The summed E-state index contributed by atoms with van der Waals surface area (Å²) < 4.78 is 30.6. The third-order valence-corrected chi connectivity index (χ3v) is 8.21. The minimum atomic E-state index is -0.266. The van der Waals surface area contributed by atoms with Gasteiger partial charge in [-0.25, -0.2) is 9.37 Å². The highest BCUT2D eigenvalue weighted by molar-refractivity contribution is 5.97. The zero-order valence-corrected chi connectivity index (χ0v) is 24.0. The number of fused-ring (bicyclic) bond motifs is 1. The number of ether oxygens (including phenoxy) is 3. The van der Waals surface area contributed by atoms with Crippen molar-refractivity contribution in [3.8, 4) is 5.88 Å². The molecule has 2 saturated heterocycles. The van der Waals surface area contributed by atoms with Crippen LogP contribution < -0.4 is 15.0 Å². The predicted molar refractivity (Wildman–Crippen MR) is 151 cm³/mol. The Morgan fingerprint density at radius 3 is 2.58 bits per heavy atom. The van der Waals surface area contributed by atoms with Gasteiger partial charge in [-0.1, -0.05) is 12.1 Å². The molecule has 2 aromatic rings. The number of anilines is 1. The highest BCUT2D eigenvalue weighted by atomic mass is 19.1. The van der Waals surface area contributed by atoms with Crippen LogP contribution in [0.2, 0.25) is 0 Å². The molecular weight excluding hydrogens is 513 g/mol. The van der Waals surface area contributed by atoms with E-state index in [1.165, 1.54) is 12.1 Å². The van der Waals surface area contributed by atoms with E-state index in [0.717, 1.165) is 44.0 Å². The molecule has 3 aliphatic heterocycles. The molecule has 2 fully saturated rings. The molecule has 3 aliphatic rings. The molecule has 218 valence electrons. The quantitative estimate of drug-likeness (QED) is 0.532. The number of rotatable bonds is 8. The first kappa shape index (κ1) is 28.9. The fraction of sp³-hybridized carbons (Fsp3) is 0.600. The number of aromatic nitrogens is 1. The van der Waals surface area contributed by atoms with Crippen molar-refractivity contribution in [1.82, 2.24) is 20.1 Å². The summed E-state index contributed by atoms with van der Waals surface area (Å²) in [6.45, 7) is 11.5. The standard InChI is InChI=1S/C30H42FN5O4/c1-20-13-34(26(12-32-20)14-35-21(2)16-39-17-22(35)3)15-29(37)36-27(18-38-4)19-40-30-28(36)10-24(11-33-30)9-23-5-7-25(31)8-6-23/h5-8,10-11,20-22,26-27,32H,9,12-19H2,1-4H3/t20-,21-,22-,26-,27?/m1/s1. The van der Waals surface area contributed by atoms with Crippen LogP contribution in [0.5, 0.6) is 5.88 Å². The smallest absolute Gasteiger partial charge is 0.241 e. The van der Waals surface area contributed by atoms with Crippen LogP contribution in [0.25, 0.3) is 0 Å². The number of carbonyl (C=O) groups excluding carboxylic acids is 1. The molecule has 9 nitrogen and oxygen atoms in total. The van der Waals surface area contributed by atoms with Crippen LogP contribution in [0.4, 0.5) is 10.1 Å². The van der Waals surface area contributed by atoms with Gasteiger partial charge in [-0.05, 0) is 56.5 Å². The average molecular weight is 556 g/mol. The second kappa shape index (κ2) is 12.9. The molecular formula is C30H42FN5O4. The number of benzene rings is 1. The van der Waals surface area contributed by atoms with Crippen LogP contribution in [-0.4, -0.2) is 111 Å². The molecule has 10 heteroatoms. The summed E-state index contributed by atoms with van der Waals surface area (Å²) in [4.78, 5) is 25.4. The molecule has 5 atom stereocenters. The minimum absolute atomic E-state index is 0.00880. The molecule has 0 spiro atoms. The number of hydrogen-bond donors (Lipinski definition) is 1. The summed E-state index contributed by atoms with van der Waals surface area (Å²) in [6.07, 6.45) is 2.34. The molecule has 0 bridgehead atoms. The Morgan fingerprint density at radius 2 is 1.85 bits per heavy atom. The number of pyridine rings is 1. The zero-order valence-electron chi connectivity index (χ0n) is 24.0. The van der Waals surface area contributed by atoms with Gasteiger partial charge in [0.1, 0.15) is 18.1 Å². The molecule has 0 saturated carbocycles. The molecule has 4 heterocycles. The number of morpholine rings is 1. The van der Waals surface area contributed by atoms with Crippen molar-refractivity contribution in [2.45, 2.75) is 57.4 Å². The van der Waals surface area contributed by atoms with Crippen molar-refractivity contribution in [1.29, 1.82) is 0 Å². The minimum Gasteiger partial charge on any atom is -0.474 e. The van der Waals surface area contributed by atoms with E-state index in [9.17, 15) is 9.18 Å². The van der Waals surface area contributed by atoms with Crippen LogP contribution in [0.3, 0.4) is 0 Å². The summed E-state index contributed by atoms with van der Waals surface area (Å²) >= 11 is 0. The van der Waals surface area contributed by atoms with E-state index >= 15 is 0 Å². The van der Waals surface area contributed by atoms with Gasteiger partial charge < -0.3 is 19.5 Å². The van der Waals surface area contributed by atoms with Gasteiger partial charge in [-0.15, -0.1) is 0 Å². The number of carbonyl (C=O) groups is 1. The van der Waals surface area contributed by atoms with E-state index in [-0.39, 0.29) is 23.8 Å². The van der Waals surface area contributed by atoms with Crippen molar-refractivity contribution in [2.24, 2.45) is 0 Å². The van der Waals surface area contributed by atoms with Gasteiger partial charge in [-0.2, -0.15) is 0 Å². The zero-order chi connectivity index (χ0) is 28.2. The maximum Gasteiger partial charge on any atom is 0.241 e. The Morgan fingerprint density at radius 1 is 1.10 bits per heavy atom. The number of nitrogens with zero attached hydrogens (tertiary/aromatic N) is 4. The van der Waals surface area contributed by atoms with Crippen LogP contribution in [0.1, 0.15) is 31.9 Å². The van der Waals surface area contributed by atoms with E-state index in [0.29, 0.717) is 55.9 Å². The lowest BCUT2D eigenvalue weighted by Crippen LogP contribution is -2.64. The van der Waals surface area contributed by atoms with E-state index in [2.05, 4.69) is 40.9 Å². The van der Waals surface area contributed by atoms with E-state index in [1.807, 2.05) is 11.0 Å². The molecule has 1 aromatic carbocycles. The second-order valence-electron chi connectivity index (χ2n) is 11.5. The van der Waals surface area contributed by atoms with Crippen LogP contribution >= 0.6 is 0 Å². The molecule has 1 aromatic heterocycles. The molecule has 1 unspecified atom stereocenters. The van der Waals surface area contributed by atoms with Gasteiger partial charge >= 0.3 is 0 Å². The molecule has 1 amide bonds. The molecule has 5 rings (SSSR count). The molecule has 1 N–H and O–H groups in total. The highest BCUT2D eigenvalue weighted by Gasteiger charge is 2.38. The third-order valence-electron chi connectivity index (χ3n) is 8.21. The maximum atomic E-state index is 14.1. The van der Waals surface area contributed by atoms with Crippen molar-refractivity contribution in [3.05, 3.63) is 53.5 Å². The number of halogens is 1. The molecule has 40 heavy (non-hydrogen) atoms. The summed E-state index contributed by atoms with van der Waals surface area (Å²) in [5.41, 5.74) is 2.55. The Kier molecular flexibility index (Phi) is 9.32. The number of nitrogens with one attached hydrogen (secondary N) is 1. The summed E-state index contributed by atoms with van der Waals surface area (Å²) in [6, 6.07) is 9.33. The number of methoxy groups -OCH3 is 1. The third kappa shape index (κ3) is 6.63. The Balaban J connectivity index is 1.37. The topological polar surface area (TPSA) is 79.4 Å². The van der Waals surface area contributed by atoms with Gasteiger partial charge in [0.2, 0.25) is 11.8 Å². The predicted octanol–water partition coefficient (Wildman–Crippen LogP) is 2.32. The SMILES string of the molecule is COCC1COc2ncc(Cc3ccc(F)cc3)cc2N1C(=O)CN1C[C@@H](C)NC[C@@H]1CN1[C@H](C)COC[C@H]1C. The van der Waals surface area contributed by atoms with E-state index in [4.69, 9.17) is 14.2 Å². The largest absolute Gasteiger partial charge is 0.474 e. The van der Waals surface area contributed by atoms with Gasteiger partial charge in [0, 0.05) is 57.1 Å². The normalized spacial score (nSPS) is 27.7. The van der Waals surface area contributed by atoms with Gasteiger partial charge in [0.05, 0.1) is 32.4 Å². The fourth-order valence-electron chi connectivity index (χ4n) is 6.09. The molecule has 0 radical (unpaired) electrons. The first-order valence-corrected chi connectivity index (χ1v) is 14.3. The second-order valence-corrected chi connectivity index (χ2v) is 11.5. The van der Waals surface area contributed by atoms with Crippen molar-refractivity contribution < 1.29 is 23.4 Å². The Labute approximate surface area is 236 Å². The number of hydrogen-bond acceptors (Lipinski definition) is 8. The maximum absolute atomic E-state index is 14.1. The first-order chi connectivity index (χ1) is 19.3. The van der Waals surface area contributed by atoms with Gasteiger partial charge in [0.15, 0.2) is 0 Å². The molecule has 0 aliphatic carbocycles. The number of amides is 1. The lowest BCUT2D eigenvalue weighted by atomic mass is 10.0. The van der Waals surface area contributed by atoms with Crippen molar-refractivity contribution in [3.63, 3.8) is 0 Å². The van der Waals surface area contributed by atoms with E-state index < -0.39 is 0 Å².